The standard InChI is InChI=1S/C19H30N2O6S/c1-12(11-19(2,3)21(4)5)20-18(22)16-9-13-8-14(25-6)15(26-7)10-17(13)28(23,24)27-16/h8,10,12,16H,9,11H2,1-7H3,(H,20,22)/t12-,16-/m1/s1. The summed E-state index contributed by atoms with van der Waals surface area (Å²) < 4.78 is 40.7. The number of carbonyl (C=O) groups excluding carboxylic acids is 1. The van der Waals surface area contributed by atoms with E-state index in [1.165, 1.54) is 20.3 Å². The topological polar surface area (TPSA) is 94.2 Å². The van der Waals surface area contributed by atoms with Gasteiger partial charge in [0.05, 0.1) is 14.2 Å². The zero-order valence-electron chi connectivity index (χ0n) is 17.5. The lowest BCUT2D eigenvalue weighted by molar-refractivity contribution is -0.128. The molecule has 1 heterocycles. The fourth-order valence-electron chi connectivity index (χ4n) is 3.19. The van der Waals surface area contributed by atoms with Gasteiger partial charge in [0.15, 0.2) is 17.6 Å². The number of rotatable bonds is 7. The number of nitrogens with zero attached hydrogens (tertiary/aromatic N) is 1. The molecule has 0 aromatic heterocycles. The Labute approximate surface area is 167 Å². The third-order valence-electron chi connectivity index (χ3n) is 5.18. The predicted molar refractivity (Wildman–Crippen MR) is 105 cm³/mol. The molecule has 0 radical (unpaired) electrons. The third-order valence-corrected chi connectivity index (χ3v) is 6.59. The maximum Gasteiger partial charge on any atom is 0.298 e. The van der Waals surface area contributed by atoms with Crippen molar-refractivity contribution in [3.63, 3.8) is 0 Å². The van der Waals surface area contributed by atoms with Gasteiger partial charge in [0.25, 0.3) is 16.0 Å². The minimum absolute atomic E-state index is 0.00371. The molecular weight excluding hydrogens is 384 g/mol. The van der Waals surface area contributed by atoms with Crippen molar-refractivity contribution in [1.29, 1.82) is 0 Å². The summed E-state index contributed by atoms with van der Waals surface area (Å²) in [5.74, 6) is 0.237. The van der Waals surface area contributed by atoms with Crippen LogP contribution in [0.1, 0.15) is 32.8 Å². The zero-order valence-corrected chi connectivity index (χ0v) is 18.3. The van der Waals surface area contributed by atoms with Crippen molar-refractivity contribution in [2.75, 3.05) is 28.3 Å². The molecule has 158 valence electrons. The highest BCUT2D eigenvalue weighted by molar-refractivity contribution is 7.87. The summed E-state index contributed by atoms with van der Waals surface area (Å²) in [6.07, 6.45) is -0.294. The first kappa shape index (κ1) is 22.4. The molecule has 0 aliphatic carbocycles. The maximum atomic E-state index is 12.7. The van der Waals surface area contributed by atoms with Gasteiger partial charge in [-0.1, -0.05) is 0 Å². The van der Waals surface area contributed by atoms with Crippen LogP contribution in [-0.2, 0) is 25.5 Å². The average molecular weight is 415 g/mol. The van der Waals surface area contributed by atoms with Crippen LogP contribution >= 0.6 is 0 Å². The van der Waals surface area contributed by atoms with E-state index in [2.05, 4.69) is 24.1 Å². The van der Waals surface area contributed by atoms with Gasteiger partial charge in [-0.15, -0.1) is 0 Å². The van der Waals surface area contributed by atoms with E-state index in [0.29, 0.717) is 17.7 Å². The van der Waals surface area contributed by atoms with E-state index in [9.17, 15) is 13.2 Å². The van der Waals surface area contributed by atoms with Crippen molar-refractivity contribution in [1.82, 2.24) is 10.2 Å². The van der Waals surface area contributed by atoms with Crippen LogP contribution in [0.4, 0.5) is 0 Å². The van der Waals surface area contributed by atoms with Gasteiger partial charge in [0.2, 0.25) is 0 Å². The number of carbonyl (C=O) groups is 1. The summed E-state index contributed by atoms with van der Waals surface area (Å²) in [7, 11) is 2.76. The molecule has 0 saturated heterocycles. The van der Waals surface area contributed by atoms with Gasteiger partial charge in [-0.05, 0) is 52.9 Å². The summed E-state index contributed by atoms with van der Waals surface area (Å²) >= 11 is 0. The lowest BCUT2D eigenvalue weighted by Crippen LogP contribution is -2.49. The van der Waals surface area contributed by atoms with Crippen molar-refractivity contribution in [3.05, 3.63) is 17.7 Å². The van der Waals surface area contributed by atoms with Crippen molar-refractivity contribution in [3.8, 4) is 11.5 Å². The smallest absolute Gasteiger partial charge is 0.298 e. The Morgan fingerprint density at radius 1 is 1.29 bits per heavy atom. The van der Waals surface area contributed by atoms with Crippen LogP contribution in [0.3, 0.4) is 0 Å². The molecule has 1 aromatic carbocycles. The molecule has 0 fully saturated rings. The maximum absolute atomic E-state index is 12.7. The van der Waals surface area contributed by atoms with Crippen LogP contribution in [0.15, 0.2) is 17.0 Å². The molecule has 1 aliphatic heterocycles. The Bertz CT molecular complexity index is 835. The summed E-state index contributed by atoms with van der Waals surface area (Å²) in [4.78, 5) is 14.7. The van der Waals surface area contributed by atoms with Crippen LogP contribution in [-0.4, -0.2) is 65.2 Å². The Kier molecular flexibility index (Phi) is 6.62. The molecule has 2 atom stereocenters. The SMILES string of the molecule is COc1cc2c(cc1OC)S(=O)(=O)O[C@@H](C(=O)N[C@H](C)CC(C)(C)N(C)C)C2. The van der Waals surface area contributed by atoms with E-state index in [1.807, 2.05) is 21.0 Å². The van der Waals surface area contributed by atoms with Crippen LogP contribution in [0.5, 0.6) is 11.5 Å². The lowest BCUT2D eigenvalue weighted by atomic mass is 9.94. The molecule has 0 bridgehead atoms. The van der Waals surface area contributed by atoms with Gasteiger partial charge >= 0.3 is 0 Å². The van der Waals surface area contributed by atoms with Gasteiger partial charge in [-0.25, -0.2) is 0 Å². The molecule has 0 unspecified atom stereocenters. The molecule has 1 N–H and O–H groups in total. The summed E-state index contributed by atoms with van der Waals surface area (Å²) in [5.41, 5.74) is 0.341. The number of nitrogens with one attached hydrogen (secondary N) is 1. The van der Waals surface area contributed by atoms with Crippen molar-refractivity contribution >= 4 is 16.0 Å². The molecule has 2 rings (SSSR count). The van der Waals surface area contributed by atoms with Gasteiger partial charge in [0, 0.05) is 24.1 Å². The first-order valence-electron chi connectivity index (χ1n) is 9.07. The van der Waals surface area contributed by atoms with E-state index < -0.39 is 22.1 Å². The number of fused-ring (bicyclic) bond motifs is 1. The monoisotopic (exact) mass is 414 g/mol. The molecule has 1 aliphatic rings. The van der Waals surface area contributed by atoms with Crippen LogP contribution < -0.4 is 14.8 Å². The number of methoxy groups -OCH3 is 2. The second-order valence-electron chi connectivity index (χ2n) is 7.88. The predicted octanol–water partition coefficient (Wildman–Crippen LogP) is 1.57. The minimum Gasteiger partial charge on any atom is -0.493 e. The Morgan fingerprint density at radius 2 is 1.86 bits per heavy atom. The molecule has 1 aromatic rings. The van der Waals surface area contributed by atoms with E-state index in [1.54, 1.807) is 6.07 Å². The first-order valence-corrected chi connectivity index (χ1v) is 10.5. The second-order valence-corrected chi connectivity index (χ2v) is 9.42. The van der Waals surface area contributed by atoms with Gasteiger partial charge < -0.3 is 19.7 Å². The Hall–Kier alpha value is -1.84. The van der Waals surface area contributed by atoms with E-state index in [-0.39, 0.29) is 28.6 Å². The quantitative estimate of drug-likeness (QED) is 0.677. The number of amides is 1. The molecule has 1 amide bonds. The fourth-order valence-corrected chi connectivity index (χ4v) is 4.47. The fraction of sp³-hybridized carbons (Fsp3) is 0.632. The average Bonchev–Trinajstić information content (AvgIpc) is 2.59. The summed E-state index contributed by atoms with van der Waals surface area (Å²) in [6, 6.07) is 2.79. The van der Waals surface area contributed by atoms with Crippen molar-refractivity contribution in [2.24, 2.45) is 0 Å². The number of ether oxygens (including phenoxy) is 2. The van der Waals surface area contributed by atoms with Crippen molar-refractivity contribution < 1.29 is 26.9 Å². The van der Waals surface area contributed by atoms with Crippen LogP contribution in [0.2, 0.25) is 0 Å². The largest absolute Gasteiger partial charge is 0.493 e. The molecule has 9 heteroatoms. The van der Waals surface area contributed by atoms with Gasteiger partial charge in [-0.3, -0.25) is 8.98 Å². The summed E-state index contributed by atoms with van der Waals surface area (Å²) in [6.45, 7) is 6.04. The highest BCUT2D eigenvalue weighted by Gasteiger charge is 2.37. The molecule has 28 heavy (non-hydrogen) atoms. The van der Waals surface area contributed by atoms with Crippen LogP contribution in [0.25, 0.3) is 0 Å². The summed E-state index contributed by atoms with van der Waals surface area (Å²) in [5, 5.41) is 2.87. The number of hydrogen-bond donors (Lipinski definition) is 1. The normalized spacial score (nSPS) is 19.6. The molecule has 0 spiro atoms. The molecular formula is C19H30N2O6S. The first-order chi connectivity index (χ1) is 12.9. The molecule has 8 nitrogen and oxygen atoms in total. The van der Waals surface area contributed by atoms with Crippen molar-refractivity contribution in [2.45, 2.75) is 56.2 Å². The minimum atomic E-state index is -4.08. The Balaban J connectivity index is 2.20. The molecule has 0 saturated carbocycles. The van der Waals surface area contributed by atoms with Gasteiger partial charge in [-0.2, -0.15) is 8.42 Å². The zero-order chi connectivity index (χ0) is 21.3. The third kappa shape index (κ3) is 4.76. The van der Waals surface area contributed by atoms with Gasteiger partial charge in [0.1, 0.15) is 4.90 Å². The second kappa shape index (κ2) is 8.26. The number of hydrogen-bond acceptors (Lipinski definition) is 7. The highest BCUT2D eigenvalue weighted by Crippen LogP contribution is 2.37. The van der Waals surface area contributed by atoms with Crippen LogP contribution in [0, 0.1) is 0 Å². The van der Waals surface area contributed by atoms with E-state index in [0.717, 1.165) is 0 Å². The number of benzene rings is 1. The van der Waals surface area contributed by atoms with E-state index in [4.69, 9.17) is 13.7 Å². The lowest BCUT2D eigenvalue weighted by Gasteiger charge is -2.35. The highest BCUT2D eigenvalue weighted by atomic mass is 32.2. The van der Waals surface area contributed by atoms with E-state index >= 15 is 0 Å². The Morgan fingerprint density at radius 3 is 2.39 bits per heavy atom.